The Labute approximate surface area is 321 Å². The molecule has 4 heteroatoms. The number of fused-ring (bicyclic) bond motifs is 13. The van der Waals surface area contributed by atoms with E-state index in [9.17, 15) is 0 Å². The van der Waals surface area contributed by atoms with Gasteiger partial charge in [0.2, 0.25) is 0 Å². The maximum atomic E-state index is 6.78. The van der Waals surface area contributed by atoms with Crippen LogP contribution in [0.4, 0.5) is 0 Å². The number of nitrogens with zero attached hydrogens (tertiary/aromatic N) is 2. The van der Waals surface area contributed by atoms with Crippen molar-refractivity contribution in [3.63, 3.8) is 0 Å². The number of benzene rings is 8. The minimum atomic E-state index is -0.564. The van der Waals surface area contributed by atoms with E-state index in [1.54, 1.807) is 11.3 Å². The summed E-state index contributed by atoms with van der Waals surface area (Å²) >= 11 is 1.76. The molecule has 55 heavy (non-hydrogen) atoms. The van der Waals surface area contributed by atoms with Crippen molar-refractivity contribution in [2.45, 2.75) is 5.41 Å². The van der Waals surface area contributed by atoms with E-state index in [1.165, 1.54) is 43.5 Å². The third-order valence-electron chi connectivity index (χ3n) is 11.6. The number of thiophene rings is 1. The third-order valence-corrected chi connectivity index (χ3v) is 12.8. The molecule has 256 valence electrons. The quantitative estimate of drug-likeness (QED) is 0.182. The van der Waals surface area contributed by atoms with Crippen LogP contribution in [0.5, 0.6) is 11.5 Å². The van der Waals surface area contributed by atoms with Crippen molar-refractivity contribution < 1.29 is 4.74 Å². The summed E-state index contributed by atoms with van der Waals surface area (Å²) in [5.74, 6) is 2.46. The number of rotatable bonds is 3. The van der Waals surface area contributed by atoms with E-state index in [4.69, 9.17) is 14.7 Å². The zero-order chi connectivity index (χ0) is 36.1. The largest absolute Gasteiger partial charge is 0.457 e. The van der Waals surface area contributed by atoms with Gasteiger partial charge in [-0.3, -0.25) is 0 Å². The van der Waals surface area contributed by atoms with Gasteiger partial charge >= 0.3 is 0 Å². The van der Waals surface area contributed by atoms with Crippen LogP contribution in [-0.2, 0) is 5.41 Å². The molecule has 0 unspecified atom stereocenters. The first kappa shape index (κ1) is 30.6. The van der Waals surface area contributed by atoms with Gasteiger partial charge in [-0.1, -0.05) is 152 Å². The van der Waals surface area contributed by atoms with E-state index in [0.29, 0.717) is 5.82 Å². The Kier molecular flexibility index (Phi) is 6.42. The van der Waals surface area contributed by atoms with Crippen molar-refractivity contribution in [3.8, 4) is 56.4 Å². The van der Waals surface area contributed by atoms with E-state index in [2.05, 4.69) is 182 Å². The molecule has 10 aromatic rings. The number of aromatic nitrogens is 2. The molecule has 2 aromatic heterocycles. The van der Waals surface area contributed by atoms with Crippen LogP contribution in [0.15, 0.2) is 182 Å². The van der Waals surface area contributed by atoms with Crippen molar-refractivity contribution in [2.24, 2.45) is 0 Å². The summed E-state index contributed by atoms with van der Waals surface area (Å²) < 4.78 is 9.05. The van der Waals surface area contributed by atoms with Gasteiger partial charge in [-0.25, -0.2) is 9.97 Å². The average Bonchev–Trinajstić information content (AvgIpc) is 3.77. The smallest absolute Gasteiger partial charge is 0.161 e. The molecular formula is C51H30N2OS. The second kappa shape index (κ2) is 11.6. The van der Waals surface area contributed by atoms with Crippen LogP contribution in [-0.4, -0.2) is 9.97 Å². The first-order valence-corrected chi connectivity index (χ1v) is 19.5. The highest BCUT2D eigenvalue weighted by Crippen LogP contribution is 2.62. The minimum absolute atomic E-state index is 0.564. The first-order chi connectivity index (χ1) is 27.3. The molecule has 1 spiro atoms. The fourth-order valence-electron chi connectivity index (χ4n) is 9.29. The molecule has 1 aliphatic carbocycles. The SMILES string of the molecule is c1ccc(-c2cccc3c(-c4nc(-c5ccc6c(c5)C5(c7ccccc7O6)c6ccccc6-c6ccccc65)c5sc6ccccc6c5n4)cccc23)cc1. The van der Waals surface area contributed by atoms with E-state index < -0.39 is 5.41 Å². The van der Waals surface area contributed by atoms with Crippen LogP contribution < -0.4 is 4.74 Å². The maximum Gasteiger partial charge on any atom is 0.161 e. The molecule has 0 atom stereocenters. The minimum Gasteiger partial charge on any atom is -0.457 e. The Morgan fingerprint density at radius 2 is 1.02 bits per heavy atom. The first-order valence-electron chi connectivity index (χ1n) is 18.7. The lowest BCUT2D eigenvalue weighted by molar-refractivity contribution is 0.436. The summed E-state index contributed by atoms with van der Waals surface area (Å²) in [7, 11) is 0. The molecule has 0 saturated carbocycles. The Morgan fingerprint density at radius 1 is 0.418 bits per heavy atom. The zero-order valence-electron chi connectivity index (χ0n) is 29.5. The summed E-state index contributed by atoms with van der Waals surface area (Å²) in [4.78, 5) is 10.9. The second-order valence-electron chi connectivity index (χ2n) is 14.4. The van der Waals surface area contributed by atoms with Crippen LogP contribution >= 0.6 is 11.3 Å². The molecule has 0 amide bonds. The molecule has 3 nitrogen and oxygen atoms in total. The van der Waals surface area contributed by atoms with Crippen molar-refractivity contribution in [3.05, 3.63) is 204 Å². The van der Waals surface area contributed by atoms with Gasteiger partial charge in [0.1, 0.15) is 11.5 Å². The van der Waals surface area contributed by atoms with Gasteiger partial charge in [-0.15, -0.1) is 11.3 Å². The summed E-state index contributed by atoms with van der Waals surface area (Å²) in [6, 6.07) is 65.2. The lowest BCUT2D eigenvalue weighted by atomic mass is 9.66. The average molecular weight is 719 g/mol. The lowest BCUT2D eigenvalue weighted by Gasteiger charge is -2.39. The molecule has 0 bridgehead atoms. The Morgan fingerprint density at radius 3 is 1.82 bits per heavy atom. The van der Waals surface area contributed by atoms with Gasteiger partial charge in [-0.2, -0.15) is 0 Å². The van der Waals surface area contributed by atoms with Gasteiger partial charge in [0.15, 0.2) is 5.82 Å². The van der Waals surface area contributed by atoms with E-state index in [0.717, 1.165) is 60.4 Å². The molecule has 3 heterocycles. The summed E-state index contributed by atoms with van der Waals surface area (Å²) in [6.45, 7) is 0. The van der Waals surface area contributed by atoms with Crippen molar-refractivity contribution in [1.82, 2.24) is 9.97 Å². The molecule has 2 aliphatic rings. The molecule has 0 radical (unpaired) electrons. The van der Waals surface area contributed by atoms with Gasteiger partial charge in [0, 0.05) is 32.3 Å². The topological polar surface area (TPSA) is 35.0 Å². The van der Waals surface area contributed by atoms with Gasteiger partial charge in [0.25, 0.3) is 0 Å². The Hall–Kier alpha value is -6.88. The van der Waals surface area contributed by atoms with Crippen molar-refractivity contribution in [2.75, 3.05) is 0 Å². The highest BCUT2D eigenvalue weighted by molar-refractivity contribution is 7.26. The predicted octanol–water partition coefficient (Wildman–Crippen LogP) is 13.5. The standard InChI is InChI=1S/C51H30N2OS/c1-2-14-31(15-3-1)33-19-12-21-35-34(33)20-13-22-38(35)50-52-47(49-48(53-50)39-18-6-11-27-46(39)55-49)32-28-29-45-43(30-32)51(42-25-9-10-26-44(42)54-45)40-23-7-4-16-36(40)37-17-5-8-24-41(37)51/h1-30H. The molecule has 0 N–H and O–H groups in total. The van der Waals surface area contributed by atoms with Gasteiger partial charge in [-0.05, 0) is 74.5 Å². The number of hydrogen-bond donors (Lipinski definition) is 0. The fraction of sp³-hybridized carbons (Fsp3) is 0.0196. The monoisotopic (exact) mass is 718 g/mol. The zero-order valence-corrected chi connectivity index (χ0v) is 30.3. The third kappa shape index (κ3) is 4.26. The van der Waals surface area contributed by atoms with Crippen LogP contribution in [0.25, 0.3) is 76.0 Å². The number of ether oxygens (including phenoxy) is 1. The number of hydrogen-bond acceptors (Lipinski definition) is 4. The fourth-order valence-corrected chi connectivity index (χ4v) is 10.4. The predicted molar refractivity (Wildman–Crippen MR) is 226 cm³/mol. The highest BCUT2D eigenvalue weighted by Gasteiger charge is 2.51. The molecule has 0 saturated heterocycles. The highest BCUT2D eigenvalue weighted by atomic mass is 32.1. The van der Waals surface area contributed by atoms with E-state index in [1.807, 2.05) is 0 Å². The van der Waals surface area contributed by atoms with Crippen molar-refractivity contribution in [1.29, 1.82) is 0 Å². The molecule has 12 rings (SSSR count). The van der Waals surface area contributed by atoms with Crippen LogP contribution in [0.1, 0.15) is 22.3 Å². The maximum absolute atomic E-state index is 6.78. The molecule has 0 fully saturated rings. The van der Waals surface area contributed by atoms with Crippen molar-refractivity contribution >= 4 is 42.4 Å². The van der Waals surface area contributed by atoms with Crippen LogP contribution in [0, 0.1) is 0 Å². The summed E-state index contributed by atoms with van der Waals surface area (Å²) in [5, 5.41) is 3.45. The lowest BCUT2D eigenvalue weighted by Crippen LogP contribution is -2.32. The van der Waals surface area contributed by atoms with Gasteiger partial charge < -0.3 is 4.74 Å². The molecule has 1 aliphatic heterocycles. The van der Waals surface area contributed by atoms with Crippen LogP contribution in [0.2, 0.25) is 0 Å². The normalized spacial score (nSPS) is 13.4. The van der Waals surface area contributed by atoms with Crippen LogP contribution in [0.3, 0.4) is 0 Å². The van der Waals surface area contributed by atoms with Gasteiger partial charge in [0.05, 0.1) is 21.3 Å². The number of para-hydroxylation sites is 1. The molecule has 8 aromatic carbocycles. The Balaban J connectivity index is 1.14. The second-order valence-corrected chi connectivity index (χ2v) is 15.4. The van der Waals surface area contributed by atoms with E-state index in [-0.39, 0.29) is 0 Å². The summed E-state index contributed by atoms with van der Waals surface area (Å²) in [6.07, 6.45) is 0. The summed E-state index contributed by atoms with van der Waals surface area (Å²) in [5.41, 5.74) is 13.1. The molecular weight excluding hydrogens is 689 g/mol. The Bertz CT molecular complexity index is 3150. The van der Waals surface area contributed by atoms with E-state index >= 15 is 0 Å².